The van der Waals surface area contributed by atoms with E-state index in [4.69, 9.17) is 0 Å². The molecule has 3 rings (SSSR count). The van der Waals surface area contributed by atoms with Gasteiger partial charge >= 0.3 is 0 Å². The summed E-state index contributed by atoms with van der Waals surface area (Å²) in [6.45, 7) is 2.08. The first-order chi connectivity index (χ1) is 9.74. The van der Waals surface area contributed by atoms with Crippen LogP contribution in [-0.2, 0) is 11.2 Å². The highest BCUT2D eigenvalue weighted by Gasteiger charge is 2.28. The normalized spacial score (nSPS) is 14.2. The van der Waals surface area contributed by atoms with Crippen molar-refractivity contribution in [2.45, 2.75) is 38.5 Å². The van der Waals surface area contributed by atoms with Crippen LogP contribution < -0.4 is 5.32 Å². The molecular weight excluding hydrogens is 252 g/mol. The molecule has 1 aliphatic carbocycles. The van der Waals surface area contributed by atoms with Crippen molar-refractivity contribution >= 4 is 11.7 Å². The first-order valence-corrected chi connectivity index (χ1v) is 6.97. The number of nitrogens with zero attached hydrogens (tertiary/aromatic N) is 2. The predicted octanol–water partition coefficient (Wildman–Crippen LogP) is 2.56. The van der Waals surface area contributed by atoms with Gasteiger partial charge in [-0.3, -0.25) is 9.89 Å². The van der Waals surface area contributed by atoms with Crippen molar-refractivity contribution in [3.05, 3.63) is 41.3 Å². The van der Waals surface area contributed by atoms with Crippen LogP contribution in [0.25, 0.3) is 0 Å². The summed E-state index contributed by atoms with van der Waals surface area (Å²) >= 11 is 0. The van der Waals surface area contributed by atoms with Crippen molar-refractivity contribution in [1.82, 2.24) is 15.2 Å². The summed E-state index contributed by atoms with van der Waals surface area (Å²) in [6.07, 6.45) is 8.84. The van der Waals surface area contributed by atoms with Crippen LogP contribution in [0, 0.1) is 6.92 Å². The summed E-state index contributed by atoms with van der Waals surface area (Å²) in [5, 5.41) is 9.58. The molecule has 5 nitrogen and oxygen atoms in total. The van der Waals surface area contributed by atoms with Crippen molar-refractivity contribution in [3.63, 3.8) is 0 Å². The second-order valence-electron chi connectivity index (χ2n) is 5.32. The molecular formula is C15H18N4O. The van der Waals surface area contributed by atoms with E-state index in [1.807, 2.05) is 12.3 Å². The van der Waals surface area contributed by atoms with Crippen LogP contribution in [0.1, 0.15) is 41.9 Å². The quantitative estimate of drug-likeness (QED) is 0.877. The molecule has 2 N–H and O–H groups in total. The second kappa shape index (κ2) is 5.45. The van der Waals surface area contributed by atoms with Gasteiger partial charge in [0.25, 0.3) is 0 Å². The van der Waals surface area contributed by atoms with Crippen LogP contribution >= 0.6 is 0 Å². The van der Waals surface area contributed by atoms with E-state index in [2.05, 4.69) is 27.4 Å². The Morgan fingerprint density at radius 2 is 2.35 bits per heavy atom. The van der Waals surface area contributed by atoms with Gasteiger partial charge in [0.2, 0.25) is 5.91 Å². The van der Waals surface area contributed by atoms with E-state index in [-0.39, 0.29) is 5.91 Å². The zero-order valence-corrected chi connectivity index (χ0v) is 11.5. The minimum Gasteiger partial charge on any atom is -0.310 e. The monoisotopic (exact) mass is 270 g/mol. The molecule has 2 heterocycles. The Balaban J connectivity index is 1.65. The van der Waals surface area contributed by atoms with Crippen molar-refractivity contribution in [3.8, 4) is 0 Å². The smallest absolute Gasteiger partial charge is 0.225 e. The lowest BCUT2D eigenvalue weighted by atomic mass is 10.1. The lowest BCUT2D eigenvalue weighted by molar-refractivity contribution is -0.116. The zero-order chi connectivity index (χ0) is 13.9. The molecule has 0 bridgehead atoms. The van der Waals surface area contributed by atoms with Crippen LogP contribution in [0.5, 0.6) is 0 Å². The Kier molecular flexibility index (Phi) is 3.50. The third-order valence-corrected chi connectivity index (χ3v) is 3.65. The van der Waals surface area contributed by atoms with Gasteiger partial charge in [0.05, 0.1) is 6.20 Å². The average Bonchev–Trinajstić information content (AvgIpc) is 3.12. The summed E-state index contributed by atoms with van der Waals surface area (Å²) in [4.78, 5) is 16.4. The molecule has 0 aliphatic heterocycles. The maximum atomic E-state index is 12.0. The number of rotatable bonds is 5. The van der Waals surface area contributed by atoms with Gasteiger partial charge in [0.15, 0.2) is 0 Å². The van der Waals surface area contributed by atoms with Gasteiger partial charge in [0, 0.05) is 24.4 Å². The fourth-order valence-electron chi connectivity index (χ4n) is 2.42. The van der Waals surface area contributed by atoms with Gasteiger partial charge in [-0.25, -0.2) is 4.98 Å². The molecule has 5 heteroatoms. The molecule has 104 valence electrons. The molecule has 1 amide bonds. The van der Waals surface area contributed by atoms with E-state index in [1.165, 1.54) is 24.0 Å². The topological polar surface area (TPSA) is 70.7 Å². The number of pyridine rings is 1. The van der Waals surface area contributed by atoms with Crippen molar-refractivity contribution < 1.29 is 4.79 Å². The van der Waals surface area contributed by atoms with E-state index < -0.39 is 0 Å². The number of hydrogen-bond donors (Lipinski definition) is 2. The number of aromatic nitrogens is 3. The number of nitrogens with one attached hydrogen (secondary N) is 2. The van der Waals surface area contributed by atoms with Gasteiger partial charge in [-0.05, 0) is 49.3 Å². The Bertz CT molecular complexity index is 602. The Labute approximate surface area is 117 Å². The molecule has 2 aromatic heterocycles. The van der Waals surface area contributed by atoms with Gasteiger partial charge in [0.1, 0.15) is 5.82 Å². The van der Waals surface area contributed by atoms with E-state index in [0.717, 1.165) is 11.4 Å². The molecule has 1 saturated carbocycles. The highest BCUT2D eigenvalue weighted by molar-refractivity contribution is 5.90. The number of amides is 1. The molecule has 2 aromatic rings. The first-order valence-electron chi connectivity index (χ1n) is 6.97. The van der Waals surface area contributed by atoms with E-state index >= 15 is 0 Å². The van der Waals surface area contributed by atoms with E-state index in [9.17, 15) is 4.79 Å². The molecule has 0 spiro atoms. The van der Waals surface area contributed by atoms with Gasteiger partial charge < -0.3 is 5.32 Å². The number of aromatic amines is 1. The standard InChI is InChI=1S/C15H18N4O/c1-10-6-7-16-15(14(10)12-3-4-12)19-13(20)5-2-11-8-17-18-9-11/h6-9,12H,2-5H2,1H3,(H,17,18)(H,16,19,20). The molecule has 0 saturated heterocycles. The Morgan fingerprint density at radius 3 is 3.05 bits per heavy atom. The molecule has 0 radical (unpaired) electrons. The van der Waals surface area contributed by atoms with Crippen molar-refractivity contribution in [2.24, 2.45) is 0 Å². The molecule has 0 unspecified atom stereocenters. The lowest BCUT2D eigenvalue weighted by Crippen LogP contribution is -2.15. The summed E-state index contributed by atoms with van der Waals surface area (Å²) in [5.74, 6) is 1.32. The largest absolute Gasteiger partial charge is 0.310 e. The highest BCUT2D eigenvalue weighted by atomic mass is 16.1. The fraction of sp³-hybridized carbons (Fsp3) is 0.400. The minimum atomic E-state index is 0.00574. The lowest BCUT2D eigenvalue weighted by Gasteiger charge is -2.11. The summed E-state index contributed by atoms with van der Waals surface area (Å²) < 4.78 is 0. The van der Waals surface area contributed by atoms with Crippen LogP contribution in [-0.4, -0.2) is 21.1 Å². The minimum absolute atomic E-state index is 0.00574. The number of H-pyrrole nitrogens is 1. The SMILES string of the molecule is Cc1ccnc(NC(=O)CCc2cn[nH]c2)c1C1CC1. The summed E-state index contributed by atoms with van der Waals surface area (Å²) in [7, 11) is 0. The molecule has 20 heavy (non-hydrogen) atoms. The maximum Gasteiger partial charge on any atom is 0.225 e. The van der Waals surface area contributed by atoms with Gasteiger partial charge in [-0.15, -0.1) is 0 Å². The number of anilines is 1. The van der Waals surface area contributed by atoms with Gasteiger partial charge in [-0.2, -0.15) is 5.10 Å². The highest BCUT2D eigenvalue weighted by Crippen LogP contribution is 2.44. The number of aryl methyl sites for hydroxylation is 2. The fourth-order valence-corrected chi connectivity index (χ4v) is 2.42. The van der Waals surface area contributed by atoms with Crippen molar-refractivity contribution in [2.75, 3.05) is 5.32 Å². The zero-order valence-electron chi connectivity index (χ0n) is 11.5. The average molecular weight is 270 g/mol. The summed E-state index contributed by atoms with van der Waals surface area (Å²) in [5.41, 5.74) is 3.47. The number of hydrogen-bond acceptors (Lipinski definition) is 3. The van der Waals surface area contributed by atoms with Crippen LogP contribution in [0.2, 0.25) is 0 Å². The molecule has 1 aliphatic rings. The van der Waals surface area contributed by atoms with Crippen LogP contribution in [0.3, 0.4) is 0 Å². The predicted molar refractivity (Wildman–Crippen MR) is 76.5 cm³/mol. The number of carbonyl (C=O) groups excluding carboxylic acids is 1. The van der Waals surface area contributed by atoms with E-state index in [0.29, 0.717) is 18.8 Å². The van der Waals surface area contributed by atoms with E-state index in [1.54, 1.807) is 12.4 Å². The molecule has 0 atom stereocenters. The Morgan fingerprint density at radius 1 is 1.50 bits per heavy atom. The first kappa shape index (κ1) is 12.8. The molecule has 1 fully saturated rings. The van der Waals surface area contributed by atoms with Crippen LogP contribution in [0.4, 0.5) is 5.82 Å². The number of carbonyl (C=O) groups is 1. The van der Waals surface area contributed by atoms with Crippen molar-refractivity contribution in [1.29, 1.82) is 0 Å². The third kappa shape index (κ3) is 2.87. The van der Waals surface area contributed by atoms with Gasteiger partial charge in [-0.1, -0.05) is 0 Å². The van der Waals surface area contributed by atoms with Crippen LogP contribution in [0.15, 0.2) is 24.7 Å². The molecule has 0 aromatic carbocycles. The second-order valence-corrected chi connectivity index (χ2v) is 5.32. The third-order valence-electron chi connectivity index (χ3n) is 3.65. The summed E-state index contributed by atoms with van der Waals surface area (Å²) in [6, 6.07) is 2.01. The Hall–Kier alpha value is -2.17. The maximum absolute atomic E-state index is 12.0.